The molecule has 0 fully saturated rings. The van der Waals surface area contributed by atoms with Gasteiger partial charge in [-0.15, -0.1) is 0 Å². The fourth-order valence-electron chi connectivity index (χ4n) is 3.35. The van der Waals surface area contributed by atoms with Gasteiger partial charge in [-0.25, -0.2) is 8.42 Å². The highest BCUT2D eigenvalue weighted by molar-refractivity contribution is 7.92. The van der Waals surface area contributed by atoms with Crippen LogP contribution in [0.3, 0.4) is 0 Å². The van der Waals surface area contributed by atoms with E-state index in [2.05, 4.69) is 5.32 Å². The molecule has 0 spiro atoms. The van der Waals surface area contributed by atoms with Crippen LogP contribution < -0.4 is 23.8 Å². The number of anilines is 1. The highest BCUT2D eigenvalue weighted by atomic mass is 35.5. The molecule has 8 nitrogen and oxygen atoms in total. The Morgan fingerprint density at radius 3 is 2.14 bits per heavy atom. The van der Waals surface area contributed by atoms with Gasteiger partial charge in [-0.05, 0) is 60.5 Å². The van der Waals surface area contributed by atoms with Gasteiger partial charge in [-0.2, -0.15) is 0 Å². The largest absolute Gasteiger partial charge is 0.497 e. The fraction of sp³-hybridized carbons (Fsp3) is 0.240. The van der Waals surface area contributed by atoms with Crippen LogP contribution in [0.2, 0.25) is 5.02 Å². The number of rotatable bonds is 11. The van der Waals surface area contributed by atoms with Gasteiger partial charge in [0.1, 0.15) is 12.3 Å². The van der Waals surface area contributed by atoms with Crippen molar-refractivity contribution in [3.8, 4) is 17.2 Å². The molecule has 0 aliphatic heterocycles. The molecule has 0 atom stereocenters. The lowest BCUT2D eigenvalue weighted by Crippen LogP contribution is -2.41. The van der Waals surface area contributed by atoms with Crippen molar-refractivity contribution in [1.82, 2.24) is 5.32 Å². The summed E-state index contributed by atoms with van der Waals surface area (Å²) in [6.07, 6.45) is 0.582. The van der Waals surface area contributed by atoms with Gasteiger partial charge in [-0.1, -0.05) is 23.7 Å². The first-order valence-electron chi connectivity index (χ1n) is 10.7. The standard InChI is InChI=1S/C25H27ClN2O6S/c1-32-21-10-4-18(5-11-21)14-15-27-25(29)17-28(20-8-6-19(26)7-9-20)35(30,31)22-12-13-23(33-2)24(16-22)34-3/h4-13,16H,14-15,17H2,1-3H3,(H,27,29). The number of amides is 1. The van der Waals surface area contributed by atoms with E-state index < -0.39 is 22.5 Å². The Morgan fingerprint density at radius 1 is 0.886 bits per heavy atom. The Hall–Kier alpha value is -3.43. The SMILES string of the molecule is COc1ccc(CCNC(=O)CN(c2ccc(Cl)cc2)S(=O)(=O)c2ccc(OC)c(OC)c2)cc1. The monoisotopic (exact) mass is 518 g/mol. The van der Waals surface area contributed by atoms with Crippen LogP contribution in [0.15, 0.2) is 71.6 Å². The molecular weight excluding hydrogens is 492 g/mol. The summed E-state index contributed by atoms with van der Waals surface area (Å²) < 4.78 is 43.8. The normalized spacial score (nSPS) is 11.0. The maximum absolute atomic E-state index is 13.6. The summed E-state index contributed by atoms with van der Waals surface area (Å²) in [5.41, 5.74) is 1.31. The second-order valence-corrected chi connectivity index (χ2v) is 9.75. The maximum atomic E-state index is 13.6. The predicted molar refractivity (Wildman–Crippen MR) is 135 cm³/mol. The molecule has 10 heteroatoms. The number of ether oxygens (including phenoxy) is 3. The Kier molecular flexibility index (Phi) is 8.84. The van der Waals surface area contributed by atoms with Gasteiger partial charge in [0.25, 0.3) is 10.0 Å². The fourth-order valence-corrected chi connectivity index (χ4v) is 4.91. The number of carbonyl (C=O) groups is 1. The van der Waals surface area contributed by atoms with Crippen LogP contribution in [0.25, 0.3) is 0 Å². The molecule has 0 aromatic heterocycles. The molecule has 186 valence electrons. The number of hydrogen-bond donors (Lipinski definition) is 1. The molecule has 0 aliphatic rings. The molecule has 1 amide bonds. The zero-order chi connectivity index (χ0) is 25.4. The highest BCUT2D eigenvalue weighted by Gasteiger charge is 2.28. The lowest BCUT2D eigenvalue weighted by Gasteiger charge is -2.24. The topological polar surface area (TPSA) is 94.2 Å². The molecule has 0 radical (unpaired) electrons. The number of nitrogens with zero attached hydrogens (tertiary/aromatic N) is 1. The van der Waals surface area contributed by atoms with E-state index in [0.717, 1.165) is 15.6 Å². The van der Waals surface area contributed by atoms with E-state index in [1.165, 1.54) is 32.4 Å². The molecule has 35 heavy (non-hydrogen) atoms. The average molecular weight is 519 g/mol. The third-order valence-corrected chi connectivity index (χ3v) is 7.26. The van der Waals surface area contributed by atoms with Crippen molar-refractivity contribution in [2.75, 3.05) is 38.7 Å². The van der Waals surface area contributed by atoms with E-state index in [0.29, 0.717) is 29.4 Å². The van der Waals surface area contributed by atoms with Gasteiger partial charge in [-0.3, -0.25) is 9.10 Å². The van der Waals surface area contributed by atoms with E-state index >= 15 is 0 Å². The zero-order valence-corrected chi connectivity index (χ0v) is 21.2. The first-order valence-corrected chi connectivity index (χ1v) is 12.5. The van der Waals surface area contributed by atoms with Crippen molar-refractivity contribution in [1.29, 1.82) is 0 Å². The first kappa shape index (κ1) is 26.2. The summed E-state index contributed by atoms with van der Waals surface area (Å²) in [6, 6.07) is 18.0. The van der Waals surface area contributed by atoms with Crippen LogP contribution in [-0.2, 0) is 21.2 Å². The number of halogens is 1. The van der Waals surface area contributed by atoms with Crippen molar-refractivity contribution in [2.45, 2.75) is 11.3 Å². The van der Waals surface area contributed by atoms with Crippen molar-refractivity contribution in [3.05, 3.63) is 77.3 Å². The molecular formula is C25H27ClN2O6S. The molecule has 0 aliphatic carbocycles. The van der Waals surface area contributed by atoms with Crippen molar-refractivity contribution in [3.63, 3.8) is 0 Å². The minimum absolute atomic E-state index is 0.0452. The summed E-state index contributed by atoms with van der Waals surface area (Å²) in [7, 11) is 0.349. The summed E-state index contributed by atoms with van der Waals surface area (Å²) in [6.45, 7) is -0.0725. The highest BCUT2D eigenvalue weighted by Crippen LogP contribution is 2.32. The Bertz CT molecular complexity index is 1250. The summed E-state index contributed by atoms with van der Waals surface area (Å²) in [5.74, 6) is 0.948. The number of sulfonamides is 1. The molecule has 0 saturated heterocycles. The van der Waals surface area contributed by atoms with E-state index in [1.54, 1.807) is 31.4 Å². The van der Waals surface area contributed by atoms with E-state index in [-0.39, 0.29) is 10.6 Å². The number of hydrogen-bond acceptors (Lipinski definition) is 6. The first-order chi connectivity index (χ1) is 16.8. The zero-order valence-electron chi connectivity index (χ0n) is 19.7. The summed E-state index contributed by atoms with van der Waals surface area (Å²) in [5, 5.41) is 3.23. The molecule has 1 N–H and O–H groups in total. The Labute approximate surface area is 210 Å². The van der Waals surface area contributed by atoms with Crippen LogP contribution in [0.4, 0.5) is 5.69 Å². The molecule has 0 unspecified atom stereocenters. The van der Waals surface area contributed by atoms with E-state index in [9.17, 15) is 13.2 Å². The Balaban J connectivity index is 1.80. The van der Waals surface area contributed by atoms with Crippen molar-refractivity contribution in [2.24, 2.45) is 0 Å². The Morgan fingerprint density at radius 2 is 1.54 bits per heavy atom. The number of benzene rings is 3. The van der Waals surface area contributed by atoms with Crippen LogP contribution in [0.5, 0.6) is 17.2 Å². The minimum atomic E-state index is -4.12. The number of carbonyl (C=O) groups excluding carboxylic acids is 1. The second kappa shape index (κ2) is 11.8. The maximum Gasteiger partial charge on any atom is 0.264 e. The minimum Gasteiger partial charge on any atom is -0.497 e. The molecule has 3 rings (SSSR count). The summed E-state index contributed by atoms with van der Waals surface area (Å²) in [4.78, 5) is 12.7. The molecule has 0 saturated carbocycles. The lowest BCUT2D eigenvalue weighted by atomic mass is 10.1. The van der Waals surface area contributed by atoms with Gasteiger partial charge in [0, 0.05) is 17.6 Å². The van der Waals surface area contributed by atoms with Gasteiger partial charge in [0.15, 0.2) is 11.5 Å². The third-order valence-electron chi connectivity index (χ3n) is 5.24. The number of nitrogens with one attached hydrogen (secondary N) is 1. The van der Waals surface area contributed by atoms with Gasteiger partial charge < -0.3 is 19.5 Å². The average Bonchev–Trinajstić information content (AvgIpc) is 2.87. The van der Waals surface area contributed by atoms with Crippen LogP contribution >= 0.6 is 11.6 Å². The van der Waals surface area contributed by atoms with Crippen LogP contribution in [-0.4, -0.2) is 48.7 Å². The summed E-state index contributed by atoms with van der Waals surface area (Å²) >= 11 is 5.99. The van der Waals surface area contributed by atoms with Gasteiger partial charge in [0.05, 0.1) is 31.9 Å². The van der Waals surface area contributed by atoms with Gasteiger partial charge >= 0.3 is 0 Å². The van der Waals surface area contributed by atoms with Gasteiger partial charge in [0.2, 0.25) is 5.91 Å². The lowest BCUT2D eigenvalue weighted by molar-refractivity contribution is -0.119. The van der Waals surface area contributed by atoms with Crippen molar-refractivity contribution < 1.29 is 27.4 Å². The third kappa shape index (κ3) is 6.58. The molecule has 3 aromatic rings. The quantitative estimate of drug-likeness (QED) is 0.413. The van der Waals surface area contributed by atoms with Crippen LogP contribution in [0.1, 0.15) is 5.56 Å². The van der Waals surface area contributed by atoms with E-state index in [4.69, 9.17) is 25.8 Å². The predicted octanol–water partition coefficient (Wildman–Crippen LogP) is 3.92. The van der Waals surface area contributed by atoms with E-state index in [1.807, 2.05) is 24.3 Å². The molecule has 0 bridgehead atoms. The smallest absolute Gasteiger partial charge is 0.264 e. The molecule has 3 aromatic carbocycles. The molecule has 0 heterocycles. The number of methoxy groups -OCH3 is 3. The van der Waals surface area contributed by atoms with Crippen molar-refractivity contribution >= 4 is 33.2 Å². The second-order valence-electron chi connectivity index (χ2n) is 7.45. The van der Waals surface area contributed by atoms with Crippen LogP contribution in [0, 0.1) is 0 Å².